The van der Waals surface area contributed by atoms with Crippen molar-refractivity contribution in [3.8, 4) is 17.2 Å². The van der Waals surface area contributed by atoms with Gasteiger partial charge in [-0.25, -0.2) is 4.79 Å². The van der Waals surface area contributed by atoms with E-state index < -0.39 is 0 Å². The summed E-state index contributed by atoms with van der Waals surface area (Å²) in [4.78, 5) is 26.8. The highest BCUT2D eigenvalue weighted by Crippen LogP contribution is 2.34. The number of aryl methyl sites for hydroxylation is 2. The number of benzene rings is 2. The molecule has 0 bridgehead atoms. The SMILES string of the molecule is COc1cc2c(cc1OC)CN(C(=O)COc1cc(C)cc3oc(=O)c(C)c(C)c13)CC2. The monoisotopic (exact) mass is 437 g/mol. The van der Waals surface area contributed by atoms with E-state index in [0.717, 1.165) is 34.1 Å². The fourth-order valence-electron chi connectivity index (χ4n) is 4.13. The second-order valence-electron chi connectivity index (χ2n) is 8.11. The van der Waals surface area contributed by atoms with Crippen LogP contribution in [0.25, 0.3) is 11.0 Å². The van der Waals surface area contributed by atoms with Gasteiger partial charge in [0.2, 0.25) is 0 Å². The number of carbonyl (C=O) groups is 1. The summed E-state index contributed by atoms with van der Waals surface area (Å²) < 4.78 is 22.2. The van der Waals surface area contributed by atoms with Crippen LogP contribution in [0, 0.1) is 20.8 Å². The van der Waals surface area contributed by atoms with E-state index in [2.05, 4.69) is 0 Å². The summed E-state index contributed by atoms with van der Waals surface area (Å²) in [5.41, 5.74) is 4.52. The normalized spacial score (nSPS) is 13.1. The predicted octanol–water partition coefficient (Wildman–Crippen LogP) is 3.70. The predicted molar refractivity (Wildman–Crippen MR) is 121 cm³/mol. The maximum Gasteiger partial charge on any atom is 0.339 e. The first-order valence-corrected chi connectivity index (χ1v) is 10.5. The third-order valence-corrected chi connectivity index (χ3v) is 6.08. The quantitative estimate of drug-likeness (QED) is 0.567. The Morgan fingerprint density at radius 2 is 1.66 bits per heavy atom. The molecule has 1 aliphatic heterocycles. The summed E-state index contributed by atoms with van der Waals surface area (Å²) in [5, 5.41) is 0.723. The Balaban J connectivity index is 1.55. The molecule has 0 saturated heterocycles. The Kier molecular flexibility index (Phi) is 5.82. The average molecular weight is 437 g/mol. The summed E-state index contributed by atoms with van der Waals surface area (Å²) in [5.74, 6) is 1.78. The molecule has 0 unspecified atom stereocenters. The second-order valence-corrected chi connectivity index (χ2v) is 8.11. The summed E-state index contributed by atoms with van der Waals surface area (Å²) >= 11 is 0. The molecule has 1 amide bonds. The fourth-order valence-corrected chi connectivity index (χ4v) is 4.13. The largest absolute Gasteiger partial charge is 0.493 e. The lowest BCUT2D eigenvalue weighted by Crippen LogP contribution is -2.38. The molecule has 0 fully saturated rings. The maximum atomic E-state index is 13.0. The van der Waals surface area contributed by atoms with Crippen LogP contribution in [-0.2, 0) is 17.8 Å². The topological polar surface area (TPSA) is 78.2 Å². The molecular weight excluding hydrogens is 410 g/mol. The number of methoxy groups -OCH3 is 2. The molecule has 0 spiro atoms. The van der Waals surface area contributed by atoms with Crippen molar-refractivity contribution in [2.75, 3.05) is 27.4 Å². The van der Waals surface area contributed by atoms with Gasteiger partial charge in [-0.3, -0.25) is 4.79 Å². The molecule has 7 nitrogen and oxygen atoms in total. The minimum atomic E-state index is -0.360. The average Bonchev–Trinajstić information content (AvgIpc) is 2.79. The molecule has 0 saturated carbocycles. The number of carbonyl (C=O) groups excluding carboxylic acids is 1. The lowest BCUT2D eigenvalue weighted by molar-refractivity contribution is -0.134. The Hall–Kier alpha value is -3.48. The van der Waals surface area contributed by atoms with Crippen LogP contribution >= 0.6 is 0 Å². The van der Waals surface area contributed by atoms with Gasteiger partial charge in [-0.2, -0.15) is 0 Å². The van der Waals surface area contributed by atoms with Crippen LogP contribution < -0.4 is 19.8 Å². The maximum absolute atomic E-state index is 13.0. The van der Waals surface area contributed by atoms with Crippen molar-refractivity contribution in [2.24, 2.45) is 0 Å². The summed E-state index contributed by atoms with van der Waals surface area (Å²) in [6.45, 7) is 6.47. The number of nitrogens with zero attached hydrogens (tertiary/aromatic N) is 1. The molecule has 2 heterocycles. The van der Waals surface area contributed by atoms with Crippen molar-refractivity contribution in [1.82, 2.24) is 4.90 Å². The van der Waals surface area contributed by atoms with Gasteiger partial charge in [0.05, 0.1) is 19.6 Å². The van der Waals surface area contributed by atoms with Crippen LogP contribution in [0.5, 0.6) is 17.2 Å². The number of rotatable bonds is 5. The van der Waals surface area contributed by atoms with E-state index in [9.17, 15) is 9.59 Å². The molecular formula is C25H27NO6. The van der Waals surface area contributed by atoms with E-state index >= 15 is 0 Å². The van der Waals surface area contributed by atoms with Gasteiger partial charge in [-0.05, 0) is 73.7 Å². The molecule has 2 aromatic carbocycles. The molecule has 168 valence electrons. The summed E-state index contributed by atoms with van der Waals surface area (Å²) in [7, 11) is 3.21. The fraction of sp³-hybridized carbons (Fsp3) is 0.360. The van der Waals surface area contributed by atoms with Crippen molar-refractivity contribution in [3.63, 3.8) is 0 Å². The molecule has 0 aliphatic carbocycles. The first-order valence-electron chi connectivity index (χ1n) is 10.5. The summed E-state index contributed by atoms with van der Waals surface area (Å²) in [6, 6.07) is 7.58. The van der Waals surface area contributed by atoms with Crippen molar-refractivity contribution in [3.05, 3.63) is 62.5 Å². The van der Waals surface area contributed by atoms with E-state index in [0.29, 0.717) is 41.5 Å². The van der Waals surface area contributed by atoms with Gasteiger partial charge in [0.1, 0.15) is 11.3 Å². The molecule has 7 heteroatoms. The zero-order valence-corrected chi connectivity index (χ0v) is 19.0. The van der Waals surface area contributed by atoms with Gasteiger partial charge in [-0.1, -0.05) is 0 Å². The summed E-state index contributed by atoms with van der Waals surface area (Å²) in [6.07, 6.45) is 0.734. The highest BCUT2D eigenvalue weighted by molar-refractivity contribution is 5.88. The molecule has 0 radical (unpaired) electrons. The van der Waals surface area contributed by atoms with Crippen LogP contribution in [0.3, 0.4) is 0 Å². The molecule has 4 rings (SSSR count). The van der Waals surface area contributed by atoms with Crippen LogP contribution in [0.1, 0.15) is 27.8 Å². The standard InChI is InChI=1S/C25H27NO6/c1-14-8-21(24-15(2)16(3)25(28)32-22(24)9-14)31-13-23(27)26-7-6-17-10-19(29-4)20(30-5)11-18(17)12-26/h8-11H,6-7,12-13H2,1-5H3. The van der Waals surface area contributed by atoms with Crippen molar-refractivity contribution in [2.45, 2.75) is 33.7 Å². The number of ether oxygens (including phenoxy) is 3. The zero-order chi connectivity index (χ0) is 23.0. The van der Waals surface area contributed by atoms with Crippen LogP contribution in [-0.4, -0.2) is 38.2 Å². The van der Waals surface area contributed by atoms with E-state index in [1.165, 1.54) is 0 Å². The first-order chi connectivity index (χ1) is 15.3. The van der Waals surface area contributed by atoms with Gasteiger partial charge < -0.3 is 23.5 Å². The smallest absolute Gasteiger partial charge is 0.339 e. The molecule has 32 heavy (non-hydrogen) atoms. The Labute approximate surface area is 186 Å². The number of fused-ring (bicyclic) bond motifs is 2. The third-order valence-electron chi connectivity index (χ3n) is 6.08. The van der Waals surface area contributed by atoms with E-state index in [4.69, 9.17) is 18.6 Å². The van der Waals surface area contributed by atoms with Crippen LogP contribution in [0.4, 0.5) is 0 Å². The van der Waals surface area contributed by atoms with Crippen LogP contribution in [0.15, 0.2) is 33.5 Å². The van der Waals surface area contributed by atoms with E-state index in [1.807, 2.05) is 32.0 Å². The molecule has 0 N–H and O–H groups in total. The molecule has 0 atom stereocenters. The van der Waals surface area contributed by atoms with E-state index in [1.54, 1.807) is 32.1 Å². The third kappa shape index (κ3) is 3.90. The highest BCUT2D eigenvalue weighted by Gasteiger charge is 2.24. The van der Waals surface area contributed by atoms with Crippen LogP contribution in [0.2, 0.25) is 0 Å². The molecule has 1 aliphatic rings. The van der Waals surface area contributed by atoms with Gasteiger partial charge in [0.15, 0.2) is 18.1 Å². The zero-order valence-electron chi connectivity index (χ0n) is 19.0. The number of hydrogen-bond donors (Lipinski definition) is 0. The minimum Gasteiger partial charge on any atom is -0.493 e. The van der Waals surface area contributed by atoms with Crippen molar-refractivity contribution < 1.29 is 23.4 Å². The van der Waals surface area contributed by atoms with Crippen molar-refractivity contribution in [1.29, 1.82) is 0 Å². The Bertz CT molecular complexity index is 1260. The molecule has 1 aromatic heterocycles. The van der Waals surface area contributed by atoms with Gasteiger partial charge >= 0.3 is 5.63 Å². The molecule has 3 aromatic rings. The highest BCUT2D eigenvalue weighted by atomic mass is 16.5. The number of amides is 1. The van der Waals surface area contributed by atoms with Gasteiger partial charge in [-0.15, -0.1) is 0 Å². The Morgan fingerprint density at radius 1 is 0.969 bits per heavy atom. The van der Waals surface area contributed by atoms with Gasteiger partial charge in [0, 0.05) is 18.7 Å². The number of hydrogen-bond acceptors (Lipinski definition) is 6. The van der Waals surface area contributed by atoms with Gasteiger partial charge in [0.25, 0.3) is 5.91 Å². The lowest BCUT2D eigenvalue weighted by Gasteiger charge is -2.29. The Morgan fingerprint density at radius 3 is 2.34 bits per heavy atom. The first kappa shape index (κ1) is 21.7. The minimum absolute atomic E-state index is 0.0984. The van der Waals surface area contributed by atoms with E-state index in [-0.39, 0.29) is 18.1 Å². The van der Waals surface area contributed by atoms with Crippen molar-refractivity contribution >= 4 is 16.9 Å². The lowest BCUT2D eigenvalue weighted by atomic mass is 9.99. The second kappa shape index (κ2) is 8.57.